The van der Waals surface area contributed by atoms with Crippen molar-refractivity contribution in [2.75, 3.05) is 5.32 Å². The molecule has 0 bridgehead atoms. The molecule has 30 heavy (non-hydrogen) atoms. The molecule has 0 saturated carbocycles. The smallest absolute Gasteiger partial charge is 0.316 e. The number of nitrogens with zero attached hydrogens (tertiary/aromatic N) is 3. The van der Waals surface area contributed by atoms with Crippen molar-refractivity contribution in [1.29, 1.82) is 0 Å². The zero-order chi connectivity index (χ0) is 20.8. The predicted molar refractivity (Wildman–Crippen MR) is 117 cm³/mol. The van der Waals surface area contributed by atoms with Crippen LogP contribution in [0.2, 0.25) is 0 Å². The van der Waals surface area contributed by atoms with Gasteiger partial charge in [-0.05, 0) is 42.0 Å². The Morgan fingerprint density at radius 3 is 2.47 bits per heavy atom. The van der Waals surface area contributed by atoms with Gasteiger partial charge in [0, 0.05) is 48.5 Å². The Morgan fingerprint density at radius 1 is 0.967 bits per heavy atom. The number of aromatic nitrogens is 3. The quantitative estimate of drug-likeness (QED) is 0.442. The molecular weight excluding hydrogens is 376 g/mol. The molecule has 0 unspecified atom stereocenters. The molecule has 0 aliphatic rings. The van der Waals surface area contributed by atoms with Gasteiger partial charge in [-0.15, -0.1) is 0 Å². The third kappa shape index (κ3) is 4.71. The minimum atomic E-state index is -0.570. The van der Waals surface area contributed by atoms with Crippen molar-refractivity contribution in [1.82, 2.24) is 20.1 Å². The Kier molecular flexibility index (Phi) is 5.82. The lowest BCUT2D eigenvalue weighted by Gasteiger charge is -2.07. The van der Waals surface area contributed by atoms with Gasteiger partial charge in [0.25, 0.3) is 0 Å². The van der Waals surface area contributed by atoms with Gasteiger partial charge in [0.2, 0.25) is 0 Å². The highest BCUT2D eigenvalue weighted by atomic mass is 16.2. The Morgan fingerprint density at radius 2 is 1.77 bits per heavy atom. The van der Waals surface area contributed by atoms with Gasteiger partial charge in [-0.25, -0.2) is 9.48 Å². The standard InChI is InChI=1S/C23H22N6O/c24-23(30)27-20-10-8-17(9-11-20)13-26-15-19-16-29(21-6-2-1-3-7-21)28-22(19)18-5-4-12-25-14-18/h1-12,14,16,26H,13,15H2,(H3,24,27,30). The fourth-order valence-corrected chi connectivity index (χ4v) is 3.19. The second kappa shape index (κ2) is 9.02. The third-order valence-corrected chi connectivity index (χ3v) is 4.61. The molecule has 2 amide bonds. The van der Waals surface area contributed by atoms with E-state index in [-0.39, 0.29) is 0 Å². The molecule has 2 aromatic heterocycles. The van der Waals surface area contributed by atoms with Crippen LogP contribution in [0.5, 0.6) is 0 Å². The predicted octanol–water partition coefficient (Wildman–Crippen LogP) is 3.71. The number of hydrogen-bond acceptors (Lipinski definition) is 4. The number of hydrogen-bond donors (Lipinski definition) is 3. The first-order valence-corrected chi connectivity index (χ1v) is 9.59. The molecule has 7 heteroatoms. The van der Waals surface area contributed by atoms with Gasteiger partial charge in [-0.3, -0.25) is 4.98 Å². The normalized spacial score (nSPS) is 10.7. The van der Waals surface area contributed by atoms with E-state index in [1.807, 2.05) is 83.8 Å². The monoisotopic (exact) mass is 398 g/mol. The molecule has 0 spiro atoms. The molecule has 0 saturated heterocycles. The van der Waals surface area contributed by atoms with Crippen molar-refractivity contribution in [3.8, 4) is 16.9 Å². The molecule has 4 aromatic rings. The Hall–Kier alpha value is -3.97. The van der Waals surface area contributed by atoms with E-state index in [0.717, 1.165) is 28.1 Å². The molecule has 0 atom stereocenters. The average molecular weight is 398 g/mol. The van der Waals surface area contributed by atoms with Crippen LogP contribution in [-0.2, 0) is 13.1 Å². The van der Waals surface area contributed by atoms with Crippen LogP contribution in [0.15, 0.2) is 85.3 Å². The number of benzene rings is 2. The summed E-state index contributed by atoms with van der Waals surface area (Å²) in [6.45, 7) is 1.33. The summed E-state index contributed by atoms with van der Waals surface area (Å²) in [5.74, 6) is 0. The maximum Gasteiger partial charge on any atom is 0.316 e. The number of rotatable bonds is 7. The maximum absolute atomic E-state index is 10.9. The zero-order valence-electron chi connectivity index (χ0n) is 16.3. The van der Waals surface area contributed by atoms with Crippen LogP contribution in [0, 0.1) is 0 Å². The van der Waals surface area contributed by atoms with E-state index >= 15 is 0 Å². The minimum Gasteiger partial charge on any atom is -0.351 e. The molecule has 2 aromatic carbocycles. The van der Waals surface area contributed by atoms with Gasteiger partial charge in [-0.2, -0.15) is 5.10 Å². The molecule has 0 aliphatic carbocycles. The van der Waals surface area contributed by atoms with E-state index in [9.17, 15) is 4.79 Å². The van der Waals surface area contributed by atoms with Crippen LogP contribution in [0.3, 0.4) is 0 Å². The van der Waals surface area contributed by atoms with E-state index < -0.39 is 6.03 Å². The van der Waals surface area contributed by atoms with Crippen molar-refractivity contribution in [3.63, 3.8) is 0 Å². The number of urea groups is 1. The number of nitrogens with two attached hydrogens (primary N) is 1. The largest absolute Gasteiger partial charge is 0.351 e. The Labute approximate surface area is 174 Å². The number of para-hydroxylation sites is 1. The molecule has 4 N–H and O–H groups in total. The fourth-order valence-electron chi connectivity index (χ4n) is 3.19. The van der Waals surface area contributed by atoms with Crippen LogP contribution >= 0.6 is 0 Å². The second-order valence-electron chi connectivity index (χ2n) is 6.81. The van der Waals surface area contributed by atoms with Crippen LogP contribution in [0.25, 0.3) is 16.9 Å². The molecule has 0 aliphatic heterocycles. The first kappa shape index (κ1) is 19.4. The van der Waals surface area contributed by atoms with Crippen molar-refractivity contribution in [3.05, 3.63) is 96.4 Å². The summed E-state index contributed by atoms with van der Waals surface area (Å²) >= 11 is 0. The zero-order valence-corrected chi connectivity index (χ0v) is 16.3. The molecular formula is C23H22N6O. The van der Waals surface area contributed by atoms with Gasteiger partial charge in [0.05, 0.1) is 11.4 Å². The summed E-state index contributed by atoms with van der Waals surface area (Å²) in [7, 11) is 0. The van der Waals surface area contributed by atoms with Gasteiger partial charge >= 0.3 is 6.03 Å². The van der Waals surface area contributed by atoms with E-state index in [1.165, 1.54) is 0 Å². The lowest BCUT2D eigenvalue weighted by atomic mass is 10.1. The number of pyridine rings is 1. The third-order valence-electron chi connectivity index (χ3n) is 4.61. The Balaban J connectivity index is 1.50. The highest BCUT2D eigenvalue weighted by molar-refractivity contribution is 5.87. The highest BCUT2D eigenvalue weighted by Crippen LogP contribution is 2.23. The summed E-state index contributed by atoms with van der Waals surface area (Å²) in [4.78, 5) is 15.2. The topological polar surface area (TPSA) is 97.9 Å². The van der Waals surface area contributed by atoms with Crippen LogP contribution in [0.1, 0.15) is 11.1 Å². The van der Waals surface area contributed by atoms with E-state index in [0.29, 0.717) is 18.8 Å². The summed E-state index contributed by atoms with van der Waals surface area (Å²) in [6.07, 6.45) is 5.63. The number of anilines is 1. The molecule has 0 fully saturated rings. The lowest BCUT2D eigenvalue weighted by Crippen LogP contribution is -2.19. The summed E-state index contributed by atoms with van der Waals surface area (Å²) in [6, 6.07) is 21.0. The number of nitrogens with one attached hydrogen (secondary N) is 2. The number of primary amides is 1. The van der Waals surface area contributed by atoms with Crippen LogP contribution in [0.4, 0.5) is 10.5 Å². The molecule has 4 rings (SSSR count). The number of amides is 2. The van der Waals surface area contributed by atoms with Crippen molar-refractivity contribution in [2.45, 2.75) is 13.1 Å². The Bertz CT molecular complexity index is 1110. The highest BCUT2D eigenvalue weighted by Gasteiger charge is 2.12. The van der Waals surface area contributed by atoms with E-state index in [1.54, 1.807) is 6.20 Å². The summed E-state index contributed by atoms with van der Waals surface area (Å²) in [5.41, 5.74) is 10.9. The van der Waals surface area contributed by atoms with E-state index in [4.69, 9.17) is 10.8 Å². The van der Waals surface area contributed by atoms with Gasteiger partial charge in [0.1, 0.15) is 0 Å². The number of carbonyl (C=O) groups excluding carboxylic acids is 1. The van der Waals surface area contributed by atoms with Crippen molar-refractivity contribution >= 4 is 11.7 Å². The molecule has 150 valence electrons. The van der Waals surface area contributed by atoms with Gasteiger partial charge in [-0.1, -0.05) is 30.3 Å². The average Bonchev–Trinajstić information content (AvgIpc) is 3.20. The number of carbonyl (C=O) groups is 1. The molecule has 2 heterocycles. The van der Waals surface area contributed by atoms with Gasteiger partial charge in [0.15, 0.2) is 0 Å². The SMILES string of the molecule is NC(=O)Nc1ccc(CNCc2cn(-c3ccccc3)nc2-c2cccnc2)cc1. The first-order chi connectivity index (χ1) is 14.7. The fraction of sp³-hybridized carbons (Fsp3) is 0.0870. The first-order valence-electron chi connectivity index (χ1n) is 9.59. The van der Waals surface area contributed by atoms with E-state index in [2.05, 4.69) is 15.6 Å². The van der Waals surface area contributed by atoms with Crippen molar-refractivity contribution < 1.29 is 4.79 Å². The minimum absolute atomic E-state index is 0.570. The van der Waals surface area contributed by atoms with Crippen LogP contribution < -0.4 is 16.4 Å². The van der Waals surface area contributed by atoms with Crippen LogP contribution in [-0.4, -0.2) is 20.8 Å². The maximum atomic E-state index is 10.9. The molecule has 0 radical (unpaired) electrons. The summed E-state index contributed by atoms with van der Waals surface area (Å²) in [5, 5.41) is 10.8. The lowest BCUT2D eigenvalue weighted by molar-refractivity contribution is 0.259. The van der Waals surface area contributed by atoms with Gasteiger partial charge < -0.3 is 16.4 Å². The molecule has 7 nitrogen and oxygen atoms in total. The second-order valence-corrected chi connectivity index (χ2v) is 6.81. The summed E-state index contributed by atoms with van der Waals surface area (Å²) < 4.78 is 1.89. The van der Waals surface area contributed by atoms with Crippen molar-refractivity contribution in [2.24, 2.45) is 5.73 Å².